The van der Waals surface area contributed by atoms with Crippen molar-refractivity contribution in [2.75, 3.05) is 46.9 Å². The Morgan fingerprint density at radius 2 is 1.84 bits per heavy atom. The molecular formula is C18H37IN4O2. The molecule has 0 saturated heterocycles. The summed E-state index contributed by atoms with van der Waals surface area (Å²) in [6, 6.07) is 0. The Labute approximate surface area is 170 Å². The minimum Gasteiger partial charge on any atom is -0.380 e. The molecule has 0 aromatic carbocycles. The van der Waals surface area contributed by atoms with Gasteiger partial charge in [0.25, 0.3) is 0 Å². The number of hydrogen-bond donors (Lipinski definition) is 2. The van der Waals surface area contributed by atoms with Crippen molar-refractivity contribution in [2.24, 2.45) is 10.4 Å². The molecule has 1 amide bonds. The largest absolute Gasteiger partial charge is 0.380 e. The molecule has 1 fully saturated rings. The Hall–Kier alpha value is -0.570. The first kappa shape index (κ1) is 24.4. The van der Waals surface area contributed by atoms with Gasteiger partial charge in [0.15, 0.2) is 5.96 Å². The number of aliphatic imine (C=N–C) groups is 1. The number of rotatable bonds is 10. The van der Waals surface area contributed by atoms with Gasteiger partial charge < -0.3 is 20.3 Å². The van der Waals surface area contributed by atoms with E-state index < -0.39 is 0 Å². The minimum absolute atomic E-state index is 0. The monoisotopic (exact) mass is 468 g/mol. The molecule has 6 nitrogen and oxygen atoms in total. The lowest BCUT2D eigenvalue weighted by atomic mass is 9.85. The summed E-state index contributed by atoms with van der Waals surface area (Å²) in [4.78, 5) is 19.0. The summed E-state index contributed by atoms with van der Waals surface area (Å²) in [7, 11) is 3.67. The number of nitrogens with zero attached hydrogens (tertiary/aromatic N) is 2. The molecule has 0 radical (unpaired) electrons. The summed E-state index contributed by atoms with van der Waals surface area (Å²) in [5, 5.41) is 6.55. The van der Waals surface area contributed by atoms with Gasteiger partial charge in [0.2, 0.25) is 5.91 Å². The van der Waals surface area contributed by atoms with Crippen LogP contribution in [0.1, 0.15) is 52.4 Å². The maximum Gasteiger partial charge on any atom is 0.230 e. The van der Waals surface area contributed by atoms with Crippen molar-refractivity contribution < 1.29 is 9.53 Å². The van der Waals surface area contributed by atoms with Crippen LogP contribution >= 0.6 is 24.0 Å². The molecule has 7 heteroatoms. The maximum atomic E-state index is 12.6. The average Bonchev–Trinajstić information content (AvgIpc) is 3.05. The van der Waals surface area contributed by atoms with Crippen molar-refractivity contribution in [1.82, 2.24) is 15.5 Å². The number of nitrogens with one attached hydrogen (secondary N) is 2. The first-order valence-corrected chi connectivity index (χ1v) is 9.37. The molecule has 148 valence electrons. The van der Waals surface area contributed by atoms with Gasteiger partial charge in [-0.2, -0.15) is 0 Å². The predicted molar refractivity (Wildman–Crippen MR) is 115 cm³/mol. The number of halogens is 1. The van der Waals surface area contributed by atoms with E-state index in [1.807, 2.05) is 21.0 Å². The molecule has 0 spiro atoms. The minimum atomic E-state index is -0.316. The number of carbonyl (C=O) groups excluding carboxylic acids is 1. The molecule has 1 aliphatic carbocycles. The van der Waals surface area contributed by atoms with Crippen molar-refractivity contribution in [1.29, 1.82) is 0 Å². The molecule has 0 aliphatic heterocycles. The van der Waals surface area contributed by atoms with Crippen LogP contribution in [0.3, 0.4) is 0 Å². The molecule has 1 aliphatic rings. The lowest BCUT2D eigenvalue weighted by molar-refractivity contribution is -0.138. The van der Waals surface area contributed by atoms with Gasteiger partial charge in [-0.15, -0.1) is 24.0 Å². The average molecular weight is 468 g/mol. The Morgan fingerprint density at radius 1 is 1.16 bits per heavy atom. The van der Waals surface area contributed by atoms with Gasteiger partial charge in [0, 0.05) is 33.8 Å². The van der Waals surface area contributed by atoms with Crippen LogP contribution in [0.25, 0.3) is 0 Å². The van der Waals surface area contributed by atoms with Gasteiger partial charge in [-0.05, 0) is 26.2 Å². The van der Waals surface area contributed by atoms with Gasteiger partial charge in [0.1, 0.15) is 0 Å². The van der Waals surface area contributed by atoms with Gasteiger partial charge in [-0.1, -0.05) is 26.2 Å². The number of hydrogen-bond acceptors (Lipinski definition) is 3. The highest BCUT2D eigenvalue weighted by atomic mass is 127. The van der Waals surface area contributed by atoms with E-state index in [-0.39, 0.29) is 35.3 Å². The molecule has 0 unspecified atom stereocenters. The topological polar surface area (TPSA) is 66.0 Å². The van der Waals surface area contributed by atoms with Crippen LogP contribution in [-0.2, 0) is 9.53 Å². The summed E-state index contributed by atoms with van der Waals surface area (Å²) in [6.07, 6.45) is 6.36. The van der Waals surface area contributed by atoms with Crippen LogP contribution in [-0.4, -0.2) is 63.7 Å². The second-order valence-electron chi connectivity index (χ2n) is 6.77. The highest BCUT2D eigenvalue weighted by Crippen LogP contribution is 2.39. The van der Waals surface area contributed by atoms with E-state index in [9.17, 15) is 4.79 Å². The third kappa shape index (κ3) is 8.57. The van der Waals surface area contributed by atoms with E-state index in [0.29, 0.717) is 13.2 Å². The van der Waals surface area contributed by atoms with E-state index >= 15 is 0 Å². The van der Waals surface area contributed by atoms with E-state index in [0.717, 1.165) is 64.2 Å². The van der Waals surface area contributed by atoms with E-state index in [2.05, 4.69) is 17.6 Å². The fourth-order valence-electron chi connectivity index (χ4n) is 3.13. The van der Waals surface area contributed by atoms with Crippen molar-refractivity contribution in [3.8, 4) is 0 Å². The standard InChI is InChI=1S/C18H36N4O2.HI/c1-5-7-13-24-14-12-20-17(19-6-2)21-15-18(10-8-9-11-18)16(23)22(3)4;/h5-15H2,1-4H3,(H2,19,20,21);1H. The van der Waals surface area contributed by atoms with Gasteiger partial charge in [-0.3, -0.25) is 9.79 Å². The third-order valence-electron chi connectivity index (χ3n) is 4.49. The molecule has 0 bridgehead atoms. The third-order valence-corrected chi connectivity index (χ3v) is 4.49. The Bertz CT molecular complexity index is 397. The summed E-state index contributed by atoms with van der Waals surface area (Å²) in [6.45, 7) is 7.77. The molecule has 0 aromatic rings. The Kier molecular flexibility index (Phi) is 13.3. The molecule has 25 heavy (non-hydrogen) atoms. The fourth-order valence-corrected chi connectivity index (χ4v) is 3.13. The van der Waals surface area contributed by atoms with Gasteiger partial charge in [-0.25, -0.2) is 0 Å². The van der Waals surface area contributed by atoms with Crippen molar-refractivity contribution in [3.63, 3.8) is 0 Å². The normalized spacial score (nSPS) is 16.2. The zero-order valence-electron chi connectivity index (χ0n) is 16.4. The first-order chi connectivity index (χ1) is 11.6. The summed E-state index contributed by atoms with van der Waals surface area (Å²) < 4.78 is 5.56. The van der Waals surface area contributed by atoms with E-state index in [1.165, 1.54) is 0 Å². The second kappa shape index (κ2) is 13.6. The highest BCUT2D eigenvalue weighted by molar-refractivity contribution is 14.0. The number of unbranched alkanes of at least 4 members (excludes halogenated alkanes) is 1. The molecule has 0 aromatic heterocycles. The van der Waals surface area contributed by atoms with E-state index in [4.69, 9.17) is 9.73 Å². The first-order valence-electron chi connectivity index (χ1n) is 9.37. The number of carbonyl (C=O) groups is 1. The van der Waals surface area contributed by atoms with Crippen LogP contribution in [0.15, 0.2) is 4.99 Å². The van der Waals surface area contributed by atoms with Crippen LogP contribution in [0.4, 0.5) is 0 Å². The van der Waals surface area contributed by atoms with Crippen molar-refractivity contribution >= 4 is 35.8 Å². The number of ether oxygens (including phenoxy) is 1. The van der Waals surface area contributed by atoms with Crippen LogP contribution in [0.2, 0.25) is 0 Å². The Balaban J connectivity index is 0.00000576. The summed E-state index contributed by atoms with van der Waals surface area (Å²) in [5.74, 6) is 0.983. The fraction of sp³-hybridized carbons (Fsp3) is 0.889. The predicted octanol–water partition coefficient (Wildman–Crippen LogP) is 2.62. The lowest BCUT2D eigenvalue weighted by Crippen LogP contribution is -2.43. The Morgan fingerprint density at radius 3 is 2.40 bits per heavy atom. The van der Waals surface area contributed by atoms with E-state index in [1.54, 1.807) is 4.90 Å². The molecular weight excluding hydrogens is 431 g/mol. The summed E-state index contributed by atoms with van der Waals surface area (Å²) in [5.41, 5.74) is -0.316. The van der Waals surface area contributed by atoms with Gasteiger partial charge in [0.05, 0.1) is 18.6 Å². The van der Waals surface area contributed by atoms with Crippen molar-refractivity contribution in [2.45, 2.75) is 52.4 Å². The molecule has 0 atom stereocenters. The lowest BCUT2D eigenvalue weighted by Gasteiger charge is -2.29. The quantitative estimate of drug-likeness (QED) is 0.224. The molecule has 0 heterocycles. The van der Waals surface area contributed by atoms with Crippen molar-refractivity contribution in [3.05, 3.63) is 0 Å². The highest BCUT2D eigenvalue weighted by Gasteiger charge is 2.41. The van der Waals surface area contributed by atoms with Gasteiger partial charge >= 0.3 is 0 Å². The molecule has 1 saturated carbocycles. The van der Waals surface area contributed by atoms with Crippen LogP contribution in [0, 0.1) is 5.41 Å². The maximum absolute atomic E-state index is 12.6. The smallest absolute Gasteiger partial charge is 0.230 e. The molecule has 2 N–H and O–H groups in total. The SMILES string of the molecule is CCCCOCCNC(=NCC1(C(=O)N(C)C)CCCC1)NCC.I. The van der Waals surface area contributed by atoms with Crippen LogP contribution < -0.4 is 10.6 Å². The zero-order valence-corrected chi connectivity index (χ0v) is 18.7. The summed E-state index contributed by atoms with van der Waals surface area (Å²) >= 11 is 0. The number of guanidine groups is 1. The number of amides is 1. The zero-order chi connectivity index (χ0) is 17.8. The molecule has 1 rings (SSSR count). The van der Waals surface area contributed by atoms with Crippen LogP contribution in [0.5, 0.6) is 0 Å². The second-order valence-corrected chi connectivity index (χ2v) is 6.77.